The third-order valence-electron chi connectivity index (χ3n) is 3.06. The van der Waals surface area contributed by atoms with Gasteiger partial charge in [-0.3, -0.25) is 4.21 Å². The molecule has 5 heteroatoms. The first-order chi connectivity index (χ1) is 6.31. The highest BCUT2D eigenvalue weighted by Gasteiger charge is 2.39. The van der Waals surface area contributed by atoms with E-state index in [1.807, 2.05) is 0 Å². The standard InChI is InChI=1S/C8H13N3OS/c9-11-10-5-6-3-7-1-2-8(4-6)13(7)12/h6-8H,1-5H2. The molecule has 2 saturated heterocycles. The number of nitrogens with zero attached hydrogens (tertiary/aromatic N) is 3. The minimum atomic E-state index is -0.580. The second-order valence-corrected chi connectivity index (χ2v) is 5.89. The number of hydrogen-bond acceptors (Lipinski definition) is 2. The lowest BCUT2D eigenvalue weighted by molar-refractivity contribution is 0.452. The van der Waals surface area contributed by atoms with Crippen LogP contribution >= 0.6 is 0 Å². The van der Waals surface area contributed by atoms with E-state index in [4.69, 9.17) is 5.53 Å². The molecule has 0 aromatic heterocycles. The maximum absolute atomic E-state index is 11.6. The lowest BCUT2D eigenvalue weighted by Crippen LogP contribution is -2.29. The van der Waals surface area contributed by atoms with Gasteiger partial charge in [0, 0.05) is 32.8 Å². The van der Waals surface area contributed by atoms with Crippen molar-refractivity contribution in [3.63, 3.8) is 0 Å². The normalized spacial score (nSPS) is 42.8. The predicted molar refractivity (Wildman–Crippen MR) is 51.7 cm³/mol. The molecule has 0 spiro atoms. The maximum atomic E-state index is 11.6. The van der Waals surface area contributed by atoms with Gasteiger partial charge in [0.1, 0.15) is 0 Å². The molecule has 0 radical (unpaired) electrons. The molecule has 0 aromatic rings. The van der Waals surface area contributed by atoms with Gasteiger partial charge in [-0.2, -0.15) is 0 Å². The Hall–Kier alpha value is -0.540. The first-order valence-corrected chi connectivity index (χ1v) is 5.99. The van der Waals surface area contributed by atoms with Gasteiger partial charge in [0.05, 0.1) is 0 Å². The molecule has 4 nitrogen and oxygen atoms in total. The fourth-order valence-corrected chi connectivity index (χ4v) is 4.65. The zero-order valence-corrected chi connectivity index (χ0v) is 8.24. The molecular formula is C8H13N3OS. The van der Waals surface area contributed by atoms with Crippen LogP contribution in [-0.4, -0.2) is 21.3 Å². The first kappa shape index (κ1) is 9.03. The largest absolute Gasteiger partial charge is 0.259 e. The fourth-order valence-electron chi connectivity index (χ4n) is 2.44. The molecule has 13 heavy (non-hydrogen) atoms. The summed E-state index contributed by atoms with van der Waals surface area (Å²) in [6.07, 6.45) is 4.23. The van der Waals surface area contributed by atoms with Crippen molar-refractivity contribution >= 4 is 10.8 Å². The van der Waals surface area contributed by atoms with Crippen molar-refractivity contribution in [2.45, 2.75) is 36.2 Å². The molecule has 0 N–H and O–H groups in total. The summed E-state index contributed by atoms with van der Waals surface area (Å²) >= 11 is 0. The van der Waals surface area contributed by atoms with Gasteiger partial charge in [-0.15, -0.1) is 0 Å². The summed E-state index contributed by atoms with van der Waals surface area (Å²) in [7, 11) is -0.580. The van der Waals surface area contributed by atoms with Crippen LogP contribution in [0.5, 0.6) is 0 Å². The predicted octanol–water partition coefficient (Wildman–Crippen LogP) is 1.99. The van der Waals surface area contributed by atoms with Crippen molar-refractivity contribution < 1.29 is 4.21 Å². The van der Waals surface area contributed by atoms with Gasteiger partial charge < -0.3 is 0 Å². The van der Waals surface area contributed by atoms with E-state index >= 15 is 0 Å². The Morgan fingerprint density at radius 2 is 2.00 bits per heavy atom. The Labute approximate surface area is 79.8 Å². The van der Waals surface area contributed by atoms with Crippen LogP contribution in [0, 0.1) is 5.92 Å². The quantitative estimate of drug-likeness (QED) is 0.381. The van der Waals surface area contributed by atoms with E-state index < -0.39 is 10.8 Å². The first-order valence-electron chi connectivity index (χ1n) is 4.71. The summed E-state index contributed by atoms with van der Waals surface area (Å²) in [5, 5.41) is 4.40. The number of hydrogen-bond donors (Lipinski definition) is 0. The summed E-state index contributed by atoms with van der Waals surface area (Å²) in [4.78, 5) is 2.77. The van der Waals surface area contributed by atoms with Gasteiger partial charge in [0.15, 0.2) is 0 Å². The highest BCUT2D eigenvalue weighted by molar-refractivity contribution is 7.86. The van der Waals surface area contributed by atoms with Crippen LogP contribution in [0.1, 0.15) is 25.7 Å². The number of azide groups is 1. The van der Waals surface area contributed by atoms with Gasteiger partial charge in [0.2, 0.25) is 0 Å². The van der Waals surface area contributed by atoms with Crippen molar-refractivity contribution in [2.75, 3.05) is 6.54 Å². The van der Waals surface area contributed by atoms with Gasteiger partial charge >= 0.3 is 0 Å². The highest BCUT2D eigenvalue weighted by Crippen LogP contribution is 2.38. The third-order valence-corrected chi connectivity index (χ3v) is 5.23. The Morgan fingerprint density at radius 1 is 1.38 bits per heavy atom. The molecule has 0 aliphatic carbocycles. The molecule has 2 heterocycles. The summed E-state index contributed by atoms with van der Waals surface area (Å²) in [6.45, 7) is 0.598. The Bertz CT molecular complexity index is 259. The zero-order valence-electron chi connectivity index (χ0n) is 7.43. The molecule has 2 rings (SSSR count). The second-order valence-electron chi connectivity index (χ2n) is 3.90. The molecule has 0 saturated carbocycles. The smallest absolute Gasteiger partial charge is 0.0353 e. The molecule has 0 aromatic carbocycles. The molecule has 2 atom stereocenters. The molecule has 2 bridgehead atoms. The molecular weight excluding hydrogens is 186 g/mol. The summed E-state index contributed by atoms with van der Waals surface area (Å²) < 4.78 is 11.6. The molecule has 72 valence electrons. The average Bonchev–Trinajstić information content (AvgIpc) is 2.41. The fraction of sp³-hybridized carbons (Fsp3) is 1.00. The Balaban J connectivity index is 1.98. The number of rotatable bonds is 2. The van der Waals surface area contributed by atoms with Gasteiger partial charge in [-0.25, -0.2) is 0 Å². The van der Waals surface area contributed by atoms with Crippen LogP contribution in [-0.2, 0) is 10.8 Å². The second kappa shape index (κ2) is 3.68. The maximum Gasteiger partial charge on any atom is 0.0353 e. The topological polar surface area (TPSA) is 65.8 Å². The van der Waals surface area contributed by atoms with E-state index in [0.717, 1.165) is 25.7 Å². The summed E-state index contributed by atoms with van der Waals surface area (Å²) in [5.74, 6) is 0.492. The van der Waals surface area contributed by atoms with Crippen LogP contribution in [0.2, 0.25) is 0 Å². The Morgan fingerprint density at radius 3 is 2.54 bits per heavy atom. The van der Waals surface area contributed by atoms with Crippen molar-refractivity contribution in [2.24, 2.45) is 11.0 Å². The lowest BCUT2D eigenvalue weighted by atomic mass is 10.00. The van der Waals surface area contributed by atoms with Gasteiger partial charge in [-0.1, -0.05) is 5.11 Å². The van der Waals surface area contributed by atoms with E-state index in [2.05, 4.69) is 10.0 Å². The van der Waals surface area contributed by atoms with Crippen molar-refractivity contribution in [3.8, 4) is 0 Å². The van der Waals surface area contributed by atoms with Crippen LogP contribution in [0.4, 0.5) is 0 Å². The van der Waals surface area contributed by atoms with Crippen LogP contribution in [0.3, 0.4) is 0 Å². The van der Waals surface area contributed by atoms with Crippen molar-refractivity contribution in [1.29, 1.82) is 0 Å². The van der Waals surface area contributed by atoms with E-state index in [9.17, 15) is 4.21 Å². The van der Waals surface area contributed by atoms with E-state index in [1.165, 1.54) is 0 Å². The monoisotopic (exact) mass is 199 g/mol. The minimum Gasteiger partial charge on any atom is -0.259 e. The Kier molecular flexibility index (Phi) is 2.56. The van der Waals surface area contributed by atoms with E-state index in [1.54, 1.807) is 0 Å². The third kappa shape index (κ3) is 1.71. The molecule has 2 fully saturated rings. The zero-order chi connectivity index (χ0) is 9.26. The van der Waals surface area contributed by atoms with Crippen LogP contribution in [0.25, 0.3) is 10.4 Å². The SMILES string of the molecule is [N-]=[N+]=NCC1CC2CCC(C1)S2=O. The van der Waals surface area contributed by atoms with Gasteiger partial charge in [0.25, 0.3) is 0 Å². The van der Waals surface area contributed by atoms with E-state index in [0.29, 0.717) is 23.0 Å². The molecule has 2 aliphatic heterocycles. The van der Waals surface area contributed by atoms with Crippen molar-refractivity contribution in [3.05, 3.63) is 10.4 Å². The average molecular weight is 199 g/mol. The summed E-state index contributed by atoms with van der Waals surface area (Å²) in [5.41, 5.74) is 8.19. The molecule has 0 amide bonds. The number of fused-ring (bicyclic) bond motifs is 2. The molecule has 2 aliphatic rings. The summed E-state index contributed by atoms with van der Waals surface area (Å²) in [6, 6.07) is 0. The van der Waals surface area contributed by atoms with Gasteiger partial charge in [-0.05, 0) is 37.1 Å². The highest BCUT2D eigenvalue weighted by atomic mass is 32.2. The minimum absolute atomic E-state index is 0.401. The lowest BCUT2D eigenvalue weighted by Gasteiger charge is -2.25. The van der Waals surface area contributed by atoms with Crippen LogP contribution < -0.4 is 0 Å². The van der Waals surface area contributed by atoms with E-state index in [-0.39, 0.29) is 0 Å². The molecule has 2 unspecified atom stereocenters. The van der Waals surface area contributed by atoms with Crippen LogP contribution in [0.15, 0.2) is 5.11 Å². The van der Waals surface area contributed by atoms with Crippen molar-refractivity contribution in [1.82, 2.24) is 0 Å².